The topological polar surface area (TPSA) is 39.6 Å². The number of aliphatic hydroxyl groups excluding tert-OH is 1. The fraction of sp³-hybridized carbons (Fsp3) is 0.421. The summed E-state index contributed by atoms with van der Waals surface area (Å²) in [6, 6.07) is 8.26. The summed E-state index contributed by atoms with van der Waals surface area (Å²) >= 11 is 0. The molecule has 1 N–H and O–H groups in total. The van der Waals surface area contributed by atoms with E-state index < -0.39 is 11.6 Å². The van der Waals surface area contributed by atoms with E-state index in [9.17, 15) is 13.9 Å². The van der Waals surface area contributed by atoms with Crippen molar-refractivity contribution in [2.24, 2.45) is 0 Å². The first-order valence-electron chi connectivity index (χ1n) is 8.56. The Balaban J connectivity index is 1.64. The number of rotatable bonds is 6. The van der Waals surface area contributed by atoms with E-state index in [0.717, 1.165) is 31.7 Å². The van der Waals surface area contributed by atoms with Gasteiger partial charge in [-0.3, -0.25) is 14.8 Å². The molecule has 2 aromatic rings. The van der Waals surface area contributed by atoms with Crippen LogP contribution in [0.3, 0.4) is 0 Å². The Morgan fingerprint density at radius 2 is 1.80 bits per heavy atom. The summed E-state index contributed by atoms with van der Waals surface area (Å²) in [4.78, 5) is 8.64. The molecule has 1 fully saturated rings. The van der Waals surface area contributed by atoms with Gasteiger partial charge >= 0.3 is 0 Å². The van der Waals surface area contributed by atoms with E-state index >= 15 is 0 Å². The van der Waals surface area contributed by atoms with Crippen LogP contribution in [0.1, 0.15) is 17.5 Å². The van der Waals surface area contributed by atoms with E-state index in [4.69, 9.17) is 0 Å². The molecule has 0 aliphatic carbocycles. The summed E-state index contributed by atoms with van der Waals surface area (Å²) in [5, 5.41) is 9.40. The number of piperazine rings is 1. The summed E-state index contributed by atoms with van der Waals surface area (Å²) in [7, 11) is 0. The number of aliphatic hydroxyl groups is 1. The van der Waals surface area contributed by atoms with Gasteiger partial charge in [0.15, 0.2) is 11.6 Å². The molecule has 6 heteroatoms. The molecule has 1 aliphatic rings. The molecule has 3 rings (SSSR count). The number of hydrogen-bond acceptors (Lipinski definition) is 4. The molecule has 0 unspecified atom stereocenters. The Morgan fingerprint density at radius 1 is 1.00 bits per heavy atom. The first kappa shape index (κ1) is 17.9. The maximum Gasteiger partial charge on any atom is 0.159 e. The molecule has 1 atom stereocenters. The SMILES string of the molecule is OCC[C@H]1CN(Cc2ccncc2)CCN1Cc1ccc(F)c(F)c1. The molecular formula is C19H23F2N3O. The van der Waals surface area contributed by atoms with Crippen LogP contribution in [0.25, 0.3) is 0 Å². The molecule has 0 radical (unpaired) electrons. The van der Waals surface area contributed by atoms with E-state index in [2.05, 4.69) is 14.8 Å². The lowest BCUT2D eigenvalue weighted by Gasteiger charge is -2.41. The Morgan fingerprint density at radius 3 is 2.52 bits per heavy atom. The minimum atomic E-state index is -0.821. The summed E-state index contributed by atoms with van der Waals surface area (Å²) in [6.45, 7) is 4.09. The quantitative estimate of drug-likeness (QED) is 0.871. The predicted molar refractivity (Wildman–Crippen MR) is 91.8 cm³/mol. The normalized spacial score (nSPS) is 19.2. The van der Waals surface area contributed by atoms with Crippen LogP contribution in [-0.4, -0.2) is 52.2 Å². The zero-order valence-corrected chi connectivity index (χ0v) is 14.1. The molecule has 1 aliphatic heterocycles. The van der Waals surface area contributed by atoms with E-state index in [0.29, 0.717) is 13.0 Å². The van der Waals surface area contributed by atoms with Crippen molar-refractivity contribution in [3.63, 3.8) is 0 Å². The third-order valence-electron chi connectivity index (χ3n) is 4.68. The molecule has 0 saturated carbocycles. The molecule has 4 nitrogen and oxygen atoms in total. The second kappa shape index (κ2) is 8.47. The van der Waals surface area contributed by atoms with Crippen LogP contribution in [0, 0.1) is 11.6 Å². The van der Waals surface area contributed by atoms with Crippen LogP contribution >= 0.6 is 0 Å². The van der Waals surface area contributed by atoms with Crippen molar-refractivity contribution in [1.82, 2.24) is 14.8 Å². The van der Waals surface area contributed by atoms with E-state index in [1.807, 2.05) is 12.1 Å². The Kier molecular flexibility index (Phi) is 6.07. The van der Waals surface area contributed by atoms with Crippen LogP contribution in [0.4, 0.5) is 8.78 Å². The van der Waals surface area contributed by atoms with Crippen LogP contribution < -0.4 is 0 Å². The number of hydrogen-bond donors (Lipinski definition) is 1. The third kappa shape index (κ3) is 4.81. The second-order valence-electron chi connectivity index (χ2n) is 6.48. The number of nitrogens with zero attached hydrogens (tertiary/aromatic N) is 3. The van der Waals surface area contributed by atoms with Crippen molar-refractivity contribution >= 4 is 0 Å². The standard InChI is InChI=1S/C19H23F2N3O/c20-18-2-1-16(11-19(18)21)13-24-9-8-23(14-17(24)5-10-25)12-15-3-6-22-7-4-15/h1-4,6-7,11,17,25H,5,8-10,12-14H2/t17-/m0/s1. The Bertz CT molecular complexity index is 684. The lowest BCUT2D eigenvalue weighted by atomic mass is 10.1. The molecule has 0 spiro atoms. The summed E-state index contributed by atoms with van der Waals surface area (Å²) in [6.07, 6.45) is 4.25. The molecule has 0 bridgehead atoms. The monoisotopic (exact) mass is 347 g/mol. The van der Waals surface area contributed by atoms with Crippen molar-refractivity contribution in [2.75, 3.05) is 26.2 Å². The van der Waals surface area contributed by atoms with Gasteiger partial charge in [0.05, 0.1) is 0 Å². The van der Waals surface area contributed by atoms with Gasteiger partial charge < -0.3 is 5.11 Å². The van der Waals surface area contributed by atoms with Gasteiger partial charge in [-0.2, -0.15) is 0 Å². The van der Waals surface area contributed by atoms with Gasteiger partial charge in [-0.15, -0.1) is 0 Å². The molecule has 1 aromatic heterocycles. The van der Waals surface area contributed by atoms with Crippen molar-refractivity contribution < 1.29 is 13.9 Å². The second-order valence-corrected chi connectivity index (χ2v) is 6.48. The molecule has 1 aromatic carbocycles. The zero-order valence-electron chi connectivity index (χ0n) is 14.1. The minimum absolute atomic E-state index is 0.113. The van der Waals surface area contributed by atoms with Gasteiger partial charge in [0.25, 0.3) is 0 Å². The molecule has 25 heavy (non-hydrogen) atoms. The largest absolute Gasteiger partial charge is 0.396 e. The van der Waals surface area contributed by atoms with E-state index in [1.54, 1.807) is 18.5 Å². The smallest absolute Gasteiger partial charge is 0.159 e. The summed E-state index contributed by atoms with van der Waals surface area (Å²) in [5.74, 6) is -1.63. The highest BCUT2D eigenvalue weighted by molar-refractivity contribution is 5.18. The van der Waals surface area contributed by atoms with Crippen molar-refractivity contribution in [3.05, 3.63) is 65.5 Å². The van der Waals surface area contributed by atoms with Gasteiger partial charge in [-0.1, -0.05) is 6.07 Å². The van der Waals surface area contributed by atoms with Gasteiger partial charge in [0.1, 0.15) is 0 Å². The lowest BCUT2D eigenvalue weighted by molar-refractivity contribution is 0.0499. The summed E-state index contributed by atoms with van der Waals surface area (Å²) < 4.78 is 26.5. The van der Waals surface area contributed by atoms with Crippen molar-refractivity contribution in [1.29, 1.82) is 0 Å². The fourth-order valence-electron chi connectivity index (χ4n) is 3.35. The zero-order chi connectivity index (χ0) is 17.6. The molecule has 0 amide bonds. The van der Waals surface area contributed by atoms with Gasteiger partial charge in [0.2, 0.25) is 0 Å². The highest BCUT2D eigenvalue weighted by Gasteiger charge is 2.26. The van der Waals surface area contributed by atoms with Gasteiger partial charge in [-0.05, 0) is 41.8 Å². The summed E-state index contributed by atoms with van der Waals surface area (Å²) in [5.41, 5.74) is 1.97. The average molecular weight is 347 g/mol. The number of halogens is 2. The fourth-order valence-corrected chi connectivity index (χ4v) is 3.35. The van der Waals surface area contributed by atoms with Crippen molar-refractivity contribution in [3.8, 4) is 0 Å². The lowest BCUT2D eigenvalue weighted by Crippen LogP contribution is -2.52. The average Bonchev–Trinajstić information content (AvgIpc) is 2.61. The van der Waals surface area contributed by atoms with Crippen LogP contribution in [0.2, 0.25) is 0 Å². The van der Waals surface area contributed by atoms with E-state index in [-0.39, 0.29) is 12.6 Å². The van der Waals surface area contributed by atoms with E-state index in [1.165, 1.54) is 17.7 Å². The first-order chi connectivity index (χ1) is 12.2. The van der Waals surface area contributed by atoms with Crippen LogP contribution in [-0.2, 0) is 13.1 Å². The molecule has 2 heterocycles. The highest BCUT2D eigenvalue weighted by Crippen LogP contribution is 2.19. The number of aromatic nitrogens is 1. The maximum absolute atomic E-state index is 13.4. The predicted octanol–water partition coefficient (Wildman–Crippen LogP) is 2.43. The van der Waals surface area contributed by atoms with Gasteiger partial charge in [0, 0.05) is 57.8 Å². The first-order valence-corrected chi connectivity index (χ1v) is 8.56. The Hall–Kier alpha value is -1.89. The van der Waals surface area contributed by atoms with Crippen molar-refractivity contribution in [2.45, 2.75) is 25.6 Å². The molecule has 1 saturated heterocycles. The molecule has 134 valence electrons. The number of pyridine rings is 1. The Labute approximate surface area is 146 Å². The van der Waals surface area contributed by atoms with Crippen LogP contribution in [0.15, 0.2) is 42.7 Å². The van der Waals surface area contributed by atoms with Crippen LogP contribution in [0.5, 0.6) is 0 Å². The minimum Gasteiger partial charge on any atom is -0.396 e. The maximum atomic E-state index is 13.4. The molecular weight excluding hydrogens is 324 g/mol. The number of benzene rings is 1. The third-order valence-corrected chi connectivity index (χ3v) is 4.68. The van der Waals surface area contributed by atoms with Gasteiger partial charge in [-0.25, -0.2) is 8.78 Å². The highest BCUT2D eigenvalue weighted by atomic mass is 19.2.